The second kappa shape index (κ2) is 5.59. The lowest BCUT2D eigenvalue weighted by molar-refractivity contribution is 0.0265. The largest absolute Gasteiger partial charge is 0.384 e. The summed E-state index contributed by atoms with van der Waals surface area (Å²) in [6.07, 6.45) is 2.67. The number of hydrogen-bond donors (Lipinski definition) is 2. The topological polar surface area (TPSA) is 67.4 Å². The molecule has 0 spiro atoms. The summed E-state index contributed by atoms with van der Waals surface area (Å²) in [7, 11) is -3.44. The van der Waals surface area contributed by atoms with Crippen molar-refractivity contribution in [3.8, 4) is 0 Å². The molecule has 0 atom stereocenters. The zero-order chi connectivity index (χ0) is 14.9. The molecule has 1 aromatic rings. The number of ether oxygens (including phenoxy) is 1. The molecule has 1 aromatic carbocycles. The van der Waals surface area contributed by atoms with E-state index < -0.39 is 10.0 Å². The maximum Gasteiger partial charge on any atom is 0.240 e. The van der Waals surface area contributed by atoms with Gasteiger partial charge in [0.1, 0.15) is 0 Å². The Morgan fingerprint density at radius 2 is 2.10 bits per heavy atom. The normalized spacial score (nSPS) is 20.8. The van der Waals surface area contributed by atoms with Gasteiger partial charge >= 0.3 is 0 Å². The maximum atomic E-state index is 12.5. The molecule has 1 saturated heterocycles. The molecule has 0 aromatic heterocycles. The van der Waals surface area contributed by atoms with E-state index in [1.54, 1.807) is 12.1 Å². The monoisotopic (exact) mass is 310 g/mol. The smallest absolute Gasteiger partial charge is 0.240 e. The van der Waals surface area contributed by atoms with Crippen molar-refractivity contribution in [2.75, 3.05) is 31.6 Å². The zero-order valence-corrected chi connectivity index (χ0v) is 13.1. The van der Waals surface area contributed by atoms with Crippen molar-refractivity contribution in [1.29, 1.82) is 0 Å². The Balaban J connectivity index is 1.72. The maximum absolute atomic E-state index is 12.5. The minimum absolute atomic E-state index is 0.0103. The molecule has 3 rings (SSSR count). The Kier molecular flexibility index (Phi) is 3.94. The highest BCUT2D eigenvalue weighted by atomic mass is 32.2. The van der Waals surface area contributed by atoms with Crippen LogP contribution in [0.3, 0.4) is 0 Å². The average Bonchev–Trinajstić information content (AvgIpc) is 2.94. The molecule has 2 aliphatic rings. The molecule has 21 heavy (non-hydrogen) atoms. The molecule has 0 radical (unpaired) electrons. The SMILES string of the molecule is CC1(CNS(=O)(=O)c2ccc3c(c2)CCN3)CCOCC1. The third-order valence-electron chi connectivity index (χ3n) is 4.49. The summed E-state index contributed by atoms with van der Waals surface area (Å²) >= 11 is 0. The minimum Gasteiger partial charge on any atom is -0.384 e. The van der Waals surface area contributed by atoms with Crippen LogP contribution in [0.5, 0.6) is 0 Å². The molecule has 2 heterocycles. The van der Waals surface area contributed by atoms with E-state index in [1.165, 1.54) is 0 Å². The van der Waals surface area contributed by atoms with Crippen LogP contribution in [0.2, 0.25) is 0 Å². The van der Waals surface area contributed by atoms with Crippen LogP contribution in [-0.2, 0) is 21.2 Å². The van der Waals surface area contributed by atoms with Gasteiger partial charge in [0.05, 0.1) is 4.90 Å². The van der Waals surface area contributed by atoms with Gasteiger partial charge in [0.2, 0.25) is 10.0 Å². The van der Waals surface area contributed by atoms with E-state index in [9.17, 15) is 8.42 Å². The van der Waals surface area contributed by atoms with Gasteiger partial charge in [-0.2, -0.15) is 0 Å². The lowest BCUT2D eigenvalue weighted by atomic mass is 9.83. The Morgan fingerprint density at radius 1 is 1.33 bits per heavy atom. The first-order chi connectivity index (χ1) is 9.99. The molecule has 1 fully saturated rings. The van der Waals surface area contributed by atoms with Crippen LogP contribution in [-0.4, -0.2) is 34.7 Å². The Bertz CT molecular complexity index is 622. The van der Waals surface area contributed by atoms with E-state index in [2.05, 4.69) is 17.0 Å². The third kappa shape index (κ3) is 3.22. The number of nitrogens with one attached hydrogen (secondary N) is 2. The average molecular weight is 310 g/mol. The molecule has 6 heteroatoms. The molecule has 2 aliphatic heterocycles. The predicted octanol–water partition coefficient (Wildman–Crippen LogP) is 1.75. The molecule has 0 bridgehead atoms. The number of sulfonamides is 1. The Morgan fingerprint density at radius 3 is 2.86 bits per heavy atom. The van der Waals surface area contributed by atoms with Gasteiger partial charge in [-0.3, -0.25) is 0 Å². The molecule has 2 N–H and O–H groups in total. The van der Waals surface area contributed by atoms with Crippen molar-refractivity contribution >= 4 is 15.7 Å². The van der Waals surface area contributed by atoms with Crippen LogP contribution in [0.15, 0.2) is 23.1 Å². The van der Waals surface area contributed by atoms with Crippen molar-refractivity contribution in [1.82, 2.24) is 4.72 Å². The summed E-state index contributed by atoms with van der Waals surface area (Å²) in [6.45, 7) is 4.88. The molecule has 5 nitrogen and oxygen atoms in total. The number of fused-ring (bicyclic) bond motifs is 1. The fourth-order valence-electron chi connectivity index (χ4n) is 2.84. The first kappa shape index (κ1) is 14.8. The highest BCUT2D eigenvalue weighted by molar-refractivity contribution is 7.89. The molecule has 0 amide bonds. The first-order valence-corrected chi connectivity index (χ1v) is 8.91. The van der Waals surface area contributed by atoms with E-state index in [0.717, 1.165) is 37.1 Å². The van der Waals surface area contributed by atoms with Gasteiger partial charge in [0.25, 0.3) is 0 Å². The van der Waals surface area contributed by atoms with Crippen LogP contribution in [0.25, 0.3) is 0 Å². The van der Waals surface area contributed by atoms with E-state index in [4.69, 9.17) is 4.74 Å². The summed E-state index contributed by atoms with van der Waals surface area (Å²) < 4.78 is 33.0. The second-order valence-electron chi connectivity index (χ2n) is 6.24. The number of rotatable bonds is 4. The predicted molar refractivity (Wildman–Crippen MR) is 82.0 cm³/mol. The standard InChI is InChI=1S/C15H22N2O3S/c1-15(5-8-20-9-6-15)11-17-21(18,19)13-2-3-14-12(10-13)4-7-16-14/h2-3,10,16-17H,4-9,11H2,1H3. The van der Waals surface area contributed by atoms with Crippen molar-refractivity contribution in [3.05, 3.63) is 23.8 Å². The van der Waals surface area contributed by atoms with Gasteiger partial charge in [-0.15, -0.1) is 0 Å². The number of benzene rings is 1. The van der Waals surface area contributed by atoms with E-state index in [-0.39, 0.29) is 5.41 Å². The van der Waals surface area contributed by atoms with Gasteiger partial charge in [-0.05, 0) is 48.4 Å². The first-order valence-electron chi connectivity index (χ1n) is 7.43. The van der Waals surface area contributed by atoms with Crippen LogP contribution < -0.4 is 10.0 Å². The lowest BCUT2D eigenvalue weighted by Gasteiger charge is -2.33. The van der Waals surface area contributed by atoms with Gasteiger partial charge in [-0.25, -0.2) is 13.1 Å². The highest BCUT2D eigenvalue weighted by Gasteiger charge is 2.29. The van der Waals surface area contributed by atoms with E-state index >= 15 is 0 Å². The van der Waals surface area contributed by atoms with Crippen molar-refractivity contribution in [3.63, 3.8) is 0 Å². The van der Waals surface area contributed by atoms with Gasteiger partial charge in [0.15, 0.2) is 0 Å². The molecule has 0 saturated carbocycles. The van der Waals surface area contributed by atoms with Gasteiger partial charge in [-0.1, -0.05) is 6.92 Å². The molecular formula is C15H22N2O3S. The van der Waals surface area contributed by atoms with Crippen molar-refractivity contribution in [2.45, 2.75) is 31.1 Å². The van der Waals surface area contributed by atoms with Crippen LogP contribution >= 0.6 is 0 Å². The summed E-state index contributed by atoms with van der Waals surface area (Å²) in [5.74, 6) is 0. The molecule has 0 aliphatic carbocycles. The van der Waals surface area contributed by atoms with E-state index in [0.29, 0.717) is 24.7 Å². The summed E-state index contributed by atoms with van der Waals surface area (Å²) in [4.78, 5) is 0.362. The number of hydrogen-bond acceptors (Lipinski definition) is 4. The number of anilines is 1. The van der Waals surface area contributed by atoms with Crippen molar-refractivity contribution in [2.24, 2.45) is 5.41 Å². The Labute approximate surface area is 126 Å². The lowest BCUT2D eigenvalue weighted by Crippen LogP contribution is -2.39. The summed E-state index contributed by atoms with van der Waals surface area (Å²) in [5.41, 5.74) is 2.12. The van der Waals surface area contributed by atoms with Crippen LogP contribution in [0.4, 0.5) is 5.69 Å². The third-order valence-corrected chi connectivity index (χ3v) is 5.88. The minimum atomic E-state index is -3.44. The quantitative estimate of drug-likeness (QED) is 0.889. The molecular weight excluding hydrogens is 288 g/mol. The van der Waals surface area contributed by atoms with Crippen LogP contribution in [0.1, 0.15) is 25.3 Å². The summed E-state index contributed by atoms with van der Waals surface area (Å²) in [5, 5.41) is 3.24. The second-order valence-corrected chi connectivity index (χ2v) is 8.01. The molecule has 116 valence electrons. The highest BCUT2D eigenvalue weighted by Crippen LogP contribution is 2.30. The van der Waals surface area contributed by atoms with Gasteiger partial charge in [0, 0.05) is 32.0 Å². The zero-order valence-electron chi connectivity index (χ0n) is 12.3. The van der Waals surface area contributed by atoms with Crippen molar-refractivity contribution < 1.29 is 13.2 Å². The van der Waals surface area contributed by atoms with Gasteiger partial charge < -0.3 is 10.1 Å². The van der Waals surface area contributed by atoms with Crippen LogP contribution in [0, 0.1) is 5.41 Å². The van der Waals surface area contributed by atoms with E-state index in [1.807, 2.05) is 6.07 Å². The molecule has 0 unspecified atom stereocenters. The summed E-state index contributed by atoms with van der Waals surface area (Å²) in [6, 6.07) is 5.31. The fraction of sp³-hybridized carbons (Fsp3) is 0.600. The fourth-order valence-corrected chi connectivity index (χ4v) is 4.09. The Hall–Kier alpha value is -1.11.